The largest absolute Gasteiger partial charge is 0.476 e. The first-order valence-electron chi connectivity index (χ1n) is 4.72. The molecule has 0 amide bonds. The topological polar surface area (TPSA) is 75.1 Å². The van der Waals surface area contributed by atoms with Crippen molar-refractivity contribution in [3.8, 4) is 0 Å². The summed E-state index contributed by atoms with van der Waals surface area (Å²) >= 11 is 1.74. The first-order valence-corrected chi connectivity index (χ1v) is 5.87. The predicted octanol–water partition coefficient (Wildman–Crippen LogP) is 1.51. The van der Waals surface area contributed by atoms with E-state index in [4.69, 9.17) is 5.11 Å². The molecule has 0 aromatic carbocycles. The fourth-order valence-electron chi connectivity index (χ4n) is 0.972. The number of thioether (sulfide) groups is 1. The van der Waals surface area contributed by atoms with Crippen LogP contribution in [0.5, 0.6) is 0 Å². The van der Waals surface area contributed by atoms with Crippen molar-refractivity contribution in [1.29, 1.82) is 0 Å². The standard InChI is InChI=1S/C10H13N3O2S/c1-2-4-16-5-3-12-9-7-11-6-8(13-9)10(14)15/h2,6-7H,1,3-5H2,(H,12,13)(H,14,15). The van der Waals surface area contributed by atoms with E-state index in [2.05, 4.69) is 21.9 Å². The molecule has 0 unspecified atom stereocenters. The summed E-state index contributed by atoms with van der Waals surface area (Å²) in [6.07, 6.45) is 4.57. The van der Waals surface area contributed by atoms with E-state index in [0.29, 0.717) is 5.82 Å². The molecule has 0 aliphatic carbocycles. The Hall–Kier alpha value is -1.56. The van der Waals surface area contributed by atoms with E-state index in [1.54, 1.807) is 11.8 Å². The summed E-state index contributed by atoms with van der Waals surface area (Å²) in [7, 11) is 0. The Morgan fingerprint density at radius 3 is 3.12 bits per heavy atom. The second kappa shape index (κ2) is 6.84. The van der Waals surface area contributed by atoms with Crippen LogP contribution in [0.3, 0.4) is 0 Å². The summed E-state index contributed by atoms with van der Waals surface area (Å²) in [5.74, 6) is 1.23. The Kier molecular flexibility index (Phi) is 5.35. The van der Waals surface area contributed by atoms with E-state index in [1.807, 2.05) is 6.08 Å². The molecule has 86 valence electrons. The monoisotopic (exact) mass is 239 g/mol. The first-order chi connectivity index (χ1) is 7.74. The number of rotatable bonds is 7. The fourth-order valence-corrected chi connectivity index (χ4v) is 1.55. The van der Waals surface area contributed by atoms with Gasteiger partial charge in [-0.05, 0) is 0 Å². The van der Waals surface area contributed by atoms with Crippen molar-refractivity contribution in [3.63, 3.8) is 0 Å². The van der Waals surface area contributed by atoms with Gasteiger partial charge in [-0.15, -0.1) is 6.58 Å². The number of nitrogens with zero attached hydrogens (tertiary/aromatic N) is 2. The minimum atomic E-state index is -1.07. The maximum Gasteiger partial charge on any atom is 0.356 e. The molecular weight excluding hydrogens is 226 g/mol. The van der Waals surface area contributed by atoms with E-state index < -0.39 is 5.97 Å². The van der Waals surface area contributed by atoms with Crippen LogP contribution < -0.4 is 5.32 Å². The molecule has 6 heteroatoms. The van der Waals surface area contributed by atoms with Gasteiger partial charge in [-0.1, -0.05) is 6.08 Å². The van der Waals surface area contributed by atoms with Crippen LogP contribution in [-0.2, 0) is 0 Å². The molecule has 0 saturated heterocycles. The van der Waals surface area contributed by atoms with Gasteiger partial charge in [0.05, 0.1) is 12.4 Å². The van der Waals surface area contributed by atoms with E-state index in [9.17, 15) is 4.79 Å². The van der Waals surface area contributed by atoms with Crippen LogP contribution in [0.15, 0.2) is 25.0 Å². The maximum absolute atomic E-state index is 10.6. The highest BCUT2D eigenvalue weighted by Gasteiger charge is 2.05. The number of carboxylic acid groups (broad SMARTS) is 1. The van der Waals surface area contributed by atoms with Gasteiger partial charge in [0.25, 0.3) is 0 Å². The number of anilines is 1. The van der Waals surface area contributed by atoms with Crippen LogP contribution in [0, 0.1) is 0 Å². The Morgan fingerprint density at radius 1 is 1.62 bits per heavy atom. The summed E-state index contributed by atoms with van der Waals surface area (Å²) in [5, 5.41) is 11.7. The zero-order chi connectivity index (χ0) is 11.8. The molecule has 0 atom stereocenters. The zero-order valence-corrected chi connectivity index (χ0v) is 9.54. The zero-order valence-electron chi connectivity index (χ0n) is 8.72. The van der Waals surface area contributed by atoms with Crippen molar-refractivity contribution in [3.05, 3.63) is 30.7 Å². The lowest BCUT2D eigenvalue weighted by molar-refractivity contribution is 0.0690. The second-order valence-electron chi connectivity index (χ2n) is 2.89. The number of carbonyl (C=O) groups is 1. The van der Waals surface area contributed by atoms with Crippen molar-refractivity contribution in [1.82, 2.24) is 9.97 Å². The predicted molar refractivity (Wildman–Crippen MR) is 65.0 cm³/mol. The average molecular weight is 239 g/mol. The lowest BCUT2D eigenvalue weighted by Gasteiger charge is -2.04. The SMILES string of the molecule is C=CCSCCNc1cncc(C(=O)O)n1. The molecule has 16 heavy (non-hydrogen) atoms. The third-order valence-corrected chi connectivity index (χ3v) is 2.61. The average Bonchev–Trinajstić information content (AvgIpc) is 2.29. The fraction of sp³-hybridized carbons (Fsp3) is 0.300. The van der Waals surface area contributed by atoms with Crippen LogP contribution in [0.4, 0.5) is 5.82 Å². The summed E-state index contributed by atoms with van der Waals surface area (Å²) in [4.78, 5) is 18.3. The Balaban J connectivity index is 2.39. The molecule has 0 aliphatic heterocycles. The Labute approximate surface area is 98.0 Å². The molecule has 1 rings (SSSR count). The highest BCUT2D eigenvalue weighted by Crippen LogP contribution is 2.04. The third kappa shape index (κ3) is 4.31. The smallest absolute Gasteiger partial charge is 0.356 e. The van der Waals surface area contributed by atoms with Crippen LogP contribution in [0.25, 0.3) is 0 Å². The molecule has 0 spiro atoms. The van der Waals surface area contributed by atoms with E-state index in [-0.39, 0.29) is 5.69 Å². The van der Waals surface area contributed by atoms with Crippen molar-refractivity contribution in [2.75, 3.05) is 23.4 Å². The van der Waals surface area contributed by atoms with E-state index >= 15 is 0 Å². The van der Waals surface area contributed by atoms with Gasteiger partial charge in [-0.2, -0.15) is 11.8 Å². The second-order valence-corrected chi connectivity index (χ2v) is 4.03. The number of hydrogen-bond acceptors (Lipinski definition) is 5. The molecule has 1 aromatic rings. The van der Waals surface area contributed by atoms with Gasteiger partial charge >= 0.3 is 5.97 Å². The lowest BCUT2D eigenvalue weighted by Crippen LogP contribution is -2.09. The molecule has 0 aliphatic rings. The molecule has 0 fully saturated rings. The van der Waals surface area contributed by atoms with Crippen LogP contribution in [0.1, 0.15) is 10.5 Å². The van der Waals surface area contributed by atoms with Gasteiger partial charge in [0.15, 0.2) is 5.69 Å². The van der Waals surface area contributed by atoms with Crippen LogP contribution in [-0.4, -0.2) is 39.1 Å². The first kappa shape index (κ1) is 12.5. The van der Waals surface area contributed by atoms with Crippen molar-refractivity contribution in [2.24, 2.45) is 0 Å². The van der Waals surface area contributed by atoms with Gasteiger partial charge in [0.2, 0.25) is 0 Å². The van der Waals surface area contributed by atoms with Gasteiger partial charge in [0, 0.05) is 18.1 Å². The number of carboxylic acids is 1. The van der Waals surface area contributed by atoms with Crippen LogP contribution >= 0.6 is 11.8 Å². The van der Waals surface area contributed by atoms with Crippen molar-refractivity contribution in [2.45, 2.75) is 0 Å². The Morgan fingerprint density at radius 2 is 2.44 bits per heavy atom. The lowest BCUT2D eigenvalue weighted by atomic mass is 10.4. The van der Waals surface area contributed by atoms with Gasteiger partial charge < -0.3 is 10.4 Å². The summed E-state index contributed by atoms with van der Waals surface area (Å²) in [6, 6.07) is 0. The van der Waals surface area contributed by atoms with Crippen molar-refractivity contribution < 1.29 is 9.90 Å². The third-order valence-electron chi connectivity index (χ3n) is 1.64. The number of nitrogens with one attached hydrogen (secondary N) is 1. The molecule has 0 bridgehead atoms. The minimum Gasteiger partial charge on any atom is -0.476 e. The molecular formula is C10H13N3O2S. The number of hydrogen-bond donors (Lipinski definition) is 2. The van der Waals surface area contributed by atoms with Gasteiger partial charge in [0.1, 0.15) is 5.82 Å². The summed E-state index contributed by atoms with van der Waals surface area (Å²) in [6.45, 7) is 4.34. The summed E-state index contributed by atoms with van der Waals surface area (Å²) in [5.41, 5.74) is -0.0521. The summed E-state index contributed by atoms with van der Waals surface area (Å²) < 4.78 is 0. The molecule has 5 nitrogen and oxygen atoms in total. The normalized spacial score (nSPS) is 9.75. The van der Waals surface area contributed by atoms with Gasteiger partial charge in [-0.3, -0.25) is 4.98 Å². The minimum absolute atomic E-state index is 0.0521. The molecule has 0 radical (unpaired) electrons. The van der Waals surface area contributed by atoms with Gasteiger partial charge in [-0.25, -0.2) is 9.78 Å². The van der Waals surface area contributed by atoms with Crippen molar-refractivity contribution >= 4 is 23.5 Å². The molecule has 0 saturated carbocycles. The number of aromatic carboxylic acids is 1. The highest BCUT2D eigenvalue weighted by molar-refractivity contribution is 7.99. The highest BCUT2D eigenvalue weighted by atomic mass is 32.2. The molecule has 1 aromatic heterocycles. The molecule has 1 heterocycles. The maximum atomic E-state index is 10.6. The van der Waals surface area contributed by atoms with E-state index in [0.717, 1.165) is 18.1 Å². The van der Waals surface area contributed by atoms with Crippen LogP contribution in [0.2, 0.25) is 0 Å². The Bertz CT molecular complexity index is 371. The molecule has 2 N–H and O–H groups in total. The van der Waals surface area contributed by atoms with E-state index in [1.165, 1.54) is 12.4 Å². The number of aromatic nitrogens is 2. The quantitative estimate of drug-likeness (QED) is 0.555.